The lowest BCUT2D eigenvalue weighted by molar-refractivity contribution is -0.116. The fraction of sp³-hybridized carbons (Fsp3) is 0.240. The van der Waals surface area contributed by atoms with E-state index in [0.29, 0.717) is 6.42 Å². The van der Waals surface area contributed by atoms with E-state index in [0.717, 1.165) is 46.6 Å². The first-order valence-electron chi connectivity index (χ1n) is 10.7. The molecule has 1 amide bonds. The Balaban J connectivity index is 1.58. The summed E-state index contributed by atoms with van der Waals surface area (Å²) in [5.74, 6) is 0.829. The van der Waals surface area contributed by atoms with Crippen LogP contribution >= 0.6 is 0 Å². The quantitative estimate of drug-likeness (QED) is 0.334. The topological polar surface area (TPSA) is 82.7 Å². The first-order chi connectivity index (χ1) is 15.1. The van der Waals surface area contributed by atoms with Gasteiger partial charge in [0.2, 0.25) is 5.91 Å². The maximum atomic E-state index is 12.1. The van der Waals surface area contributed by atoms with Crippen LogP contribution in [0.2, 0.25) is 0 Å². The number of unbranched alkanes of at least 4 members (excludes halogenated alkanes) is 1. The number of nitrogens with one attached hydrogen (secondary N) is 3. The van der Waals surface area contributed by atoms with Crippen LogP contribution in [0.5, 0.6) is 0 Å². The van der Waals surface area contributed by atoms with Crippen LogP contribution in [0.4, 0.5) is 11.5 Å². The molecule has 0 fully saturated rings. The maximum Gasteiger partial charge on any atom is 0.224 e. The molecule has 2 aromatic heterocycles. The predicted molar refractivity (Wildman–Crippen MR) is 126 cm³/mol. The van der Waals surface area contributed by atoms with E-state index in [9.17, 15) is 4.79 Å². The van der Waals surface area contributed by atoms with Gasteiger partial charge in [0.05, 0.1) is 5.39 Å². The number of nitrogens with zero attached hydrogens (tertiary/aromatic N) is 2. The normalized spacial score (nSPS) is 11.9. The number of amides is 1. The second-order valence-corrected chi connectivity index (χ2v) is 7.68. The van der Waals surface area contributed by atoms with Crippen LogP contribution < -0.4 is 10.6 Å². The van der Waals surface area contributed by atoms with Crippen LogP contribution in [0, 0.1) is 0 Å². The largest absolute Gasteiger partial charge is 0.363 e. The SMILES string of the molecule is CCCCC(=O)Nc1cccc(-c2cc3c(NC(C)c4ccccc4)ncnc3[nH]2)c1. The molecule has 31 heavy (non-hydrogen) atoms. The smallest absolute Gasteiger partial charge is 0.224 e. The molecule has 4 aromatic rings. The minimum Gasteiger partial charge on any atom is -0.363 e. The number of rotatable bonds is 8. The van der Waals surface area contributed by atoms with Gasteiger partial charge in [0.15, 0.2) is 0 Å². The van der Waals surface area contributed by atoms with Crippen molar-refractivity contribution in [1.29, 1.82) is 0 Å². The van der Waals surface area contributed by atoms with Crippen molar-refractivity contribution in [3.63, 3.8) is 0 Å². The third-order valence-corrected chi connectivity index (χ3v) is 5.29. The van der Waals surface area contributed by atoms with Crippen molar-refractivity contribution < 1.29 is 4.79 Å². The van der Waals surface area contributed by atoms with Crippen molar-refractivity contribution in [2.24, 2.45) is 0 Å². The summed E-state index contributed by atoms with van der Waals surface area (Å²) in [5.41, 5.74) is 4.66. The van der Waals surface area contributed by atoms with E-state index in [-0.39, 0.29) is 11.9 Å². The first kappa shape index (κ1) is 20.6. The number of aromatic nitrogens is 3. The van der Waals surface area contributed by atoms with Crippen molar-refractivity contribution in [2.75, 3.05) is 10.6 Å². The zero-order valence-electron chi connectivity index (χ0n) is 17.9. The highest BCUT2D eigenvalue weighted by atomic mass is 16.1. The molecule has 0 saturated heterocycles. The molecule has 2 aromatic carbocycles. The molecule has 0 aliphatic carbocycles. The van der Waals surface area contributed by atoms with Gasteiger partial charge in [0.25, 0.3) is 0 Å². The summed E-state index contributed by atoms with van der Waals surface area (Å²) in [6.07, 6.45) is 4.00. The zero-order valence-corrected chi connectivity index (χ0v) is 17.9. The molecule has 0 radical (unpaired) electrons. The van der Waals surface area contributed by atoms with Gasteiger partial charge >= 0.3 is 0 Å². The average Bonchev–Trinajstić information content (AvgIpc) is 3.24. The molecular formula is C25H27N5O. The number of hydrogen-bond acceptors (Lipinski definition) is 4. The number of hydrogen-bond donors (Lipinski definition) is 3. The van der Waals surface area contributed by atoms with E-state index in [2.05, 4.69) is 51.6 Å². The summed E-state index contributed by atoms with van der Waals surface area (Å²) in [4.78, 5) is 24.3. The summed E-state index contributed by atoms with van der Waals surface area (Å²) < 4.78 is 0. The Labute approximate surface area is 182 Å². The lowest BCUT2D eigenvalue weighted by atomic mass is 10.1. The molecule has 6 heteroatoms. The molecule has 0 bridgehead atoms. The predicted octanol–water partition coefficient (Wildman–Crippen LogP) is 5.93. The highest BCUT2D eigenvalue weighted by Crippen LogP contribution is 2.30. The molecule has 3 N–H and O–H groups in total. The van der Waals surface area contributed by atoms with E-state index in [1.807, 2.05) is 48.5 Å². The van der Waals surface area contributed by atoms with Gasteiger partial charge in [0.1, 0.15) is 17.8 Å². The Morgan fingerprint density at radius 2 is 1.90 bits per heavy atom. The highest BCUT2D eigenvalue weighted by molar-refractivity contribution is 5.93. The number of fused-ring (bicyclic) bond motifs is 1. The molecule has 158 valence electrons. The fourth-order valence-corrected chi connectivity index (χ4v) is 3.57. The van der Waals surface area contributed by atoms with Crippen LogP contribution in [-0.4, -0.2) is 20.9 Å². The molecule has 0 aliphatic heterocycles. The van der Waals surface area contributed by atoms with Crippen LogP contribution in [0.25, 0.3) is 22.3 Å². The maximum absolute atomic E-state index is 12.1. The Morgan fingerprint density at radius 1 is 1.06 bits per heavy atom. The molecular weight excluding hydrogens is 386 g/mol. The number of benzene rings is 2. The monoisotopic (exact) mass is 413 g/mol. The Kier molecular flexibility index (Phi) is 6.26. The number of carbonyl (C=O) groups excluding carboxylic acids is 1. The van der Waals surface area contributed by atoms with Crippen molar-refractivity contribution in [3.8, 4) is 11.3 Å². The average molecular weight is 414 g/mol. The number of anilines is 2. The third-order valence-electron chi connectivity index (χ3n) is 5.29. The molecule has 1 unspecified atom stereocenters. The fourth-order valence-electron chi connectivity index (χ4n) is 3.57. The van der Waals surface area contributed by atoms with Crippen molar-refractivity contribution in [3.05, 3.63) is 72.6 Å². The van der Waals surface area contributed by atoms with Crippen LogP contribution in [-0.2, 0) is 4.79 Å². The van der Waals surface area contributed by atoms with Gasteiger partial charge in [-0.1, -0.05) is 55.8 Å². The summed E-state index contributed by atoms with van der Waals surface area (Å²) in [5, 5.41) is 7.41. The number of H-pyrrole nitrogens is 1. The Morgan fingerprint density at radius 3 is 2.71 bits per heavy atom. The summed E-state index contributed by atoms with van der Waals surface area (Å²) in [6, 6.07) is 20.3. The van der Waals surface area contributed by atoms with E-state index in [1.54, 1.807) is 6.33 Å². The Hall–Kier alpha value is -3.67. The lowest BCUT2D eigenvalue weighted by Crippen LogP contribution is -2.10. The number of carbonyl (C=O) groups is 1. The zero-order chi connectivity index (χ0) is 21.6. The summed E-state index contributed by atoms with van der Waals surface area (Å²) in [7, 11) is 0. The third kappa shape index (κ3) is 4.91. The van der Waals surface area contributed by atoms with E-state index < -0.39 is 0 Å². The van der Waals surface area contributed by atoms with E-state index >= 15 is 0 Å². The summed E-state index contributed by atoms with van der Waals surface area (Å²) in [6.45, 7) is 4.19. The van der Waals surface area contributed by atoms with E-state index in [4.69, 9.17) is 0 Å². The van der Waals surface area contributed by atoms with Crippen LogP contribution in [0.15, 0.2) is 67.0 Å². The molecule has 0 spiro atoms. The van der Waals surface area contributed by atoms with Gasteiger partial charge < -0.3 is 15.6 Å². The Bertz CT molecular complexity index is 1170. The number of aromatic amines is 1. The standard InChI is InChI=1S/C25H27N5O/c1-3-4-13-23(31)29-20-12-8-11-19(14-20)22-15-21-24(26-16-27-25(21)30-22)28-17(2)18-9-6-5-7-10-18/h5-12,14-17H,3-4,13H2,1-2H3,(H,29,31)(H2,26,27,28,30). The lowest BCUT2D eigenvalue weighted by Gasteiger charge is -2.15. The van der Waals surface area contributed by atoms with Gasteiger partial charge in [-0.25, -0.2) is 9.97 Å². The van der Waals surface area contributed by atoms with E-state index in [1.165, 1.54) is 5.56 Å². The van der Waals surface area contributed by atoms with Crippen molar-refractivity contribution in [1.82, 2.24) is 15.0 Å². The van der Waals surface area contributed by atoms with Gasteiger partial charge in [-0.2, -0.15) is 0 Å². The van der Waals surface area contributed by atoms with Crippen LogP contribution in [0.1, 0.15) is 44.7 Å². The highest BCUT2D eigenvalue weighted by Gasteiger charge is 2.13. The molecule has 1 atom stereocenters. The van der Waals surface area contributed by atoms with Gasteiger partial charge in [-0.05, 0) is 37.1 Å². The van der Waals surface area contributed by atoms with Crippen molar-refractivity contribution >= 4 is 28.4 Å². The van der Waals surface area contributed by atoms with Gasteiger partial charge in [-0.15, -0.1) is 0 Å². The van der Waals surface area contributed by atoms with Crippen LogP contribution in [0.3, 0.4) is 0 Å². The first-order valence-corrected chi connectivity index (χ1v) is 10.7. The van der Waals surface area contributed by atoms with Gasteiger partial charge in [0, 0.05) is 29.4 Å². The van der Waals surface area contributed by atoms with Crippen molar-refractivity contribution in [2.45, 2.75) is 39.2 Å². The molecule has 2 heterocycles. The molecule has 4 rings (SSSR count). The molecule has 0 aliphatic rings. The summed E-state index contributed by atoms with van der Waals surface area (Å²) >= 11 is 0. The minimum absolute atomic E-state index is 0.0444. The molecule has 0 saturated carbocycles. The second kappa shape index (κ2) is 9.43. The van der Waals surface area contributed by atoms with Gasteiger partial charge in [-0.3, -0.25) is 4.79 Å². The second-order valence-electron chi connectivity index (χ2n) is 7.68. The molecule has 6 nitrogen and oxygen atoms in total. The minimum atomic E-state index is 0.0444.